The summed E-state index contributed by atoms with van der Waals surface area (Å²) in [4.78, 5) is 19.4. The molecule has 5 rings (SSSR count). The second-order valence-electron chi connectivity index (χ2n) is 9.50. The summed E-state index contributed by atoms with van der Waals surface area (Å²) in [6.07, 6.45) is 2.40. The van der Waals surface area contributed by atoms with Crippen molar-refractivity contribution in [3.63, 3.8) is 0 Å². The molecule has 0 saturated heterocycles. The lowest BCUT2D eigenvalue weighted by Gasteiger charge is -2.36. The number of carbonyl (C=O) groups excluding carboxylic acids is 1. The Labute approximate surface area is 222 Å². The maximum Gasteiger partial charge on any atom is 0.420 e. The van der Waals surface area contributed by atoms with E-state index < -0.39 is 23.6 Å². The third-order valence-electron chi connectivity index (χ3n) is 5.80. The first-order chi connectivity index (χ1) is 17.5. The fourth-order valence-electron chi connectivity index (χ4n) is 4.33. The van der Waals surface area contributed by atoms with Crippen molar-refractivity contribution in [2.45, 2.75) is 39.3 Å². The number of aromatic nitrogens is 5. The first-order valence-corrected chi connectivity index (χ1v) is 12.2. The van der Waals surface area contributed by atoms with Gasteiger partial charge in [-0.15, -0.1) is 0 Å². The lowest BCUT2D eigenvalue weighted by atomic mass is 9.94. The van der Waals surface area contributed by atoms with Crippen molar-refractivity contribution < 1.29 is 13.9 Å². The van der Waals surface area contributed by atoms with Crippen LogP contribution in [0.3, 0.4) is 0 Å². The van der Waals surface area contributed by atoms with Crippen LogP contribution in [0.15, 0.2) is 66.8 Å². The van der Waals surface area contributed by atoms with Crippen LogP contribution in [-0.2, 0) is 4.74 Å². The number of halogens is 3. The molecule has 2 aromatic heterocycles. The highest BCUT2D eigenvalue weighted by Crippen LogP contribution is 2.45. The van der Waals surface area contributed by atoms with E-state index in [1.54, 1.807) is 68.9 Å². The average molecular weight is 541 g/mol. The van der Waals surface area contributed by atoms with Crippen molar-refractivity contribution in [2.75, 3.05) is 4.90 Å². The van der Waals surface area contributed by atoms with Crippen molar-refractivity contribution in [1.29, 1.82) is 0 Å². The molecule has 4 aromatic rings. The van der Waals surface area contributed by atoms with E-state index in [4.69, 9.17) is 27.9 Å². The van der Waals surface area contributed by atoms with Crippen LogP contribution in [0.1, 0.15) is 45.1 Å². The largest absolute Gasteiger partial charge is 0.443 e. The number of rotatable bonds is 3. The molecule has 0 bridgehead atoms. The van der Waals surface area contributed by atoms with Crippen LogP contribution in [0.5, 0.6) is 0 Å². The minimum atomic E-state index is -0.732. The summed E-state index contributed by atoms with van der Waals surface area (Å²) >= 11 is 12.6. The van der Waals surface area contributed by atoms with Gasteiger partial charge in [0.1, 0.15) is 29.6 Å². The molecule has 0 radical (unpaired) electrons. The molecule has 1 aliphatic heterocycles. The number of anilines is 1. The highest BCUT2D eigenvalue weighted by Gasteiger charge is 2.40. The number of hydrogen-bond donors (Lipinski definition) is 0. The fraction of sp³-hybridized carbons (Fsp3) is 0.231. The zero-order valence-electron chi connectivity index (χ0n) is 20.5. The van der Waals surface area contributed by atoms with Gasteiger partial charge in [0.2, 0.25) is 0 Å². The molecule has 1 aliphatic rings. The highest BCUT2D eigenvalue weighted by molar-refractivity contribution is 6.42. The molecular weight excluding hydrogens is 518 g/mol. The molecule has 3 heterocycles. The quantitative estimate of drug-likeness (QED) is 0.289. The van der Waals surface area contributed by atoms with Crippen molar-refractivity contribution in [2.24, 2.45) is 0 Å². The fourth-order valence-corrected chi connectivity index (χ4v) is 4.64. The summed E-state index contributed by atoms with van der Waals surface area (Å²) in [7, 11) is 0. The van der Waals surface area contributed by atoms with E-state index in [-0.39, 0.29) is 0 Å². The van der Waals surface area contributed by atoms with Gasteiger partial charge in [-0.1, -0.05) is 35.3 Å². The Morgan fingerprint density at radius 1 is 1.05 bits per heavy atom. The van der Waals surface area contributed by atoms with Crippen LogP contribution in [0.4, 0.5) is 15.0 Å². The van der Waals surface area contributed by atoms with Crippen LogP contribution in [0, 0.1) is 5.82 Å². The number of nitrogens with zero attached hydrogens (tertiary/aromatic N) is 6. The molecule has 0 saturated carbocycles. The Morgan fingerprint density at radius 3 is 2.54 bits per heavy atom. The molecular formula is C26H23Cl2FN6O2. The Kier molecular flexibility index (Phi) is 6.29. The van der Waals surface area contributed by atoms with Crippen LogP contribution >= 0.6 is 23.2 Å². The van der Waals surface area contributed by atoms with E-state index in [9.17, 15) is 9.18 Å². The predicted molar refractivity (Wildman–Crippen MR) is 139 cm³/mol. The number of ether oxygens (including phenoxy) is 1. The average Bonchev–Trinajstić information content (AvgIpc) is 3.48. The Hall–Kier alpha value is -3.69. The minimum absolute atomic E-state index is 0.367. The van der Waals surface area contributed by atoms with Crippen LogP contribution in [0.2, 0.25) is 10.0 Å². The first kappa shape index (κ1) is 25.0. The molecule has 1 amide bonds. The molecule has 1 atom stereocenters. The van der Waals surface area contributed by atoms with Crippen LogP contribution in [-0.4, -0.2) is 36.2 Å². The van der Waals surface area contributed by atoms with Gasteiger partial charge in [-0.25, -0.2) is 28.4 Å². The lowest BCUT2D eigenvalue weighted by Crippen LogP contribution is -2.41. The standard InChI is InChI=1S/C26H23Cl2FN6O2/c1-15-22(24-30-14-32-34(24)18-7-5-6-17(29)13-18)23(16-8-9-19(27)20(28)12-16)35-21(10-11-31-35)33(15)25(36)37-26(2,3)4/h5-14,23H,1-4H3/t23-/m1/s1. The van der Waals surface area contributed by atoms with Crippen molar-refractivity contribution in [3.8, 4) is 5.69 Å². The predicted octanol–water partition coefficient (Wildman–Crippen LogP) is 6.69. The smallest absolute Gasteiger partial charge is 0.420 e. The molecule has 190 valence electrons. The summed E-state index contributed by atoms with van der Waals surface area (Å²) in [5.74, 6) is 0.483. The zero-order chi connectivity index (χ0) is 26.5. The number of fused-ring (bicyclic) bond motifs is 1. The van der Waals surface area contributed by atoms with Gasteiger partial charge in [-0.2, -0.15) is 10.2 Å². The van der Waals surface area contributed by atoms with Gasteiger partial charge >= 0.3 is 6.09 Å². The molecule has 2 aromatic carbocycles. The number of benzene rings is 2. The van der Waals surface area contributed by atoms with E-state index in [1.165, 1.54) is 28.0 Å². The second-order valence-corrected chi connectivity index (χ2v) is 10.3. The molecule has 0 N–H and O–H groups in total. The summed E-state index contributed by atoms with van der Waals surface area (Å²) in [6, 6.07) is 12.5. The zero-order valence-corrected chi connectivity index (χ0v) is 22.0. The van der Waals surface area contributed by atoms with Crippen LogP contribution < -0.4 is 4.90 Å². The maximum atomic E-state index is 14.1. The van der Waals surface area contributed by atoms with E-state index in [0.29, 0.717) is 38.6 Å². The Morgan fingerprint density at radius 2 is 1.84 bits per heavy atom. The van der Waals surface area contributed by atoms with E-state index in [0.717, 1.165) is 5.56 Å². The molecule has 0 aliphatic carbocycles. The van der Waals surface area contributed by atoms with E-state index in [1.807, 2.05) is 6.07 Å². The van der Waals surface area contributed by atoms with E-state index in [2.05, 4.69) is 15.2 Å². The number of carbonyl (C=O) groups is 1. The van der Waals surface area contributed by atoms with Gasteiger partial charge in [0.05, 0.1) is 21.9 Å². The van der Waals surface area contributed by atoms with Gasteiger partial charge in [0, 0.05) is 17.3 Å². The molecule has 0 unspecified atom stereocenters. The highest BCUT2D eigenvalue weighted by atomic mass is 35.5. The number of allylic oxidation sites excluding steroid dienone is 2. The molecule has 0 fully saturated rings. The van der Waals surface area contributed by atoms with Gasteiger partial charge in [-0.05, 0) is 63.6 Å². The third-order valence-corrected chi connectivity index (χ3v) is 6.54. The first-order valence-electron chi connectivity index (χ1n) is 11.4. The van der Waals surface area contributed by atoms with Gasteiger partial charge in [0.15, 0.2) is 5.82 Å². The minimum Gasteiger partial charge on any atom is -0.443 e. The molecule has 11 heteroatoms. The summed E-state index contributed by atoms with van der Waals surface area (Å²) in [5.41, 5.74) is 1.64. The summed E-state index contributed by atoms with van der Waals surface area (Å²) < 4.78 is 23.1. The number of hydrogen-bond acceptors (Lipinski definition) is 5. The molecule has 37 heavy (non-hydrogen) atoms. The summed E-state index contributed by atoms with van der Waals surface area (Å²) in [5, 5.41) is 9.68. The van der Waals surface area contributed by atoms with Crippen molar-refractivity contribution in [1.82, 2.24) is 24.5 Å². The topological polar surface area (TPSA) is 78.1 Å². The second kappa shape index (κ2) is 9.32. The normalized spacial score (nSPS) is 15.6. The lowest BCUT2D eigenvalue weighted by molar-refractivity contribution is 0.0588. The summed E-state index contributed by atoms with van der Waals surface area (Å²) in [6.45, 7) is 7.19. The Balaban J connectivity index is 1.77. The van der Waals surface area contributed by atoms with Crippen LogP contribution in [0.25, 0.3) is 11.3 Å². The monoisotopic (exact) mass is 540 g/mol. The molecule has 0 spiro atoms. The molecule has 8 nitrogen and oxygen atoms in total. The van der Waals surface area contributed by atoms with E-state index >= 15 is 0 Å². The SMILES string of the molecule is CC1=C(c2ncnn2-c2cccc(F)c2)[C@@H](c2ccc(Cl)c(Cl)c2)n2nccc2N1C(=O)OC(C)(C)C. The number of amides is 1. The Bertz CT molecular complexity index is 1540. The van der Waals surface area contributed by atoms with Gasteiger partial charge < -0.3 is 4.74 Å². The third kappa shape index (κ3) is 4.60. The van der Waals surface area contributed by atoms with Gasteiger partial charge in [-0.3, -0.25) is 0 Å². The van der Waals surface area contributed by atoms with Crippen molar-refractivity contribution in [3.05, 3.63) is 94.0 Å². The van der Waals surface area contributed by atoms with Crippen molar-refractivity contribution >= 4 is 40.7 Å². The maximum absolute atomic E-state index is 14.1. The van der Waals surface area contributed by atoms with Gasteiger partial charge in [0.25, 0.3) is 0 Å².